The molecule has 0 amide bonds. The Morgan fingerprint density at radius 2 is 1.73 bits per heavy atom. The van der Waals surface area contributed by atoms with Crippen molar-refractivity contribution in [3.63, 3.8) is 0 Å². The Balaban J connectivity index is 2.93. The van der Waals surface area contributed by atoms with Gasteiger partial charge in [-0.05, 0) is 25.8 Å². The number of esters is 1. The van der Waals surface area contributed by atoms with Crippen molar-refractivity contribution < 1.29 is 37.0 Å². The number of hydrogen-bond donors (Lipinski definition) is 1. The standard InChI is InChI=1S/C17H25F2O6P/c1-4-24-26(22,25-5-2)17(18,19)16-8-6-14(7-9-16)10-15(11-20)12-23-13(3)21/h6-9,15,20H,4-5,10-12H2,1-3H3/t15-/m0/s1. The summed E-state index contributed by atoms with van der Waals surface area (Å²) in [5, 5.41) is 9.33. The molecule has 0 radical (unpaired) electrons. The fourth-order valence-electron chi connectivity index (χ4n) is 2.28. The molecule has 0 spiro atoms. The van der Waals surface area contributed by atoms with Crippen LogP contribution in [0.4, 0.5) is 8.78 Å². The first-order chi connectivity index (χ1) is 12.2. The van der Waals surface area contributed by atoms with E-state index in [9.17, 15) is 23.2 Å². The molecule has 1 aromatic rings. The van der Waals surface area contributed by atoms with Crippen LogP contribution >= 0.6 is 7.60 Å². The van der Waals surface area contributed by atoms with Gasteiger partial charge in [0.05, 0.1) is 19.8 Å². The summed E-state index contributed by atoms with van der Waals surface area (Å²) in [5.41, 5.74) is -3.60. The monoisotopic (exact) mass is 394 g/mol. The maximum atomic E-state index is 14.6. The van der Waals surface area contributed by atoms with Gasteiger partial charge in [0.25, 0.3) is 0 Å². The Labute approximate surface area is 152 Å². The van der Waals surface area contributed by atoms with Gasteiger partial charge in [-0.25, -0.2) is 0 Å². The summed E-state index contributed by atoms with van der Waals surface area (Å²) in [6, 6.07) is 5.20. The van der Waals surface area contributed by atoms with Crippen LogP contribution in [0.25, 0.3) is 0 Å². The van der Waals surface area contributed by atoms with Crippen LogP contribution in [-0.4, -0.2) is 37.5 Å². The highest BCUT2D eigenvalue weighted by molar-refractivity contribution is 7.54. The Kier molecular flexibility index (Phi) is 8.83. The van der Waals surface area contributed by atoms with Crippen LogP contribution in [0.3, 0.4) is 0 Å². The van der Waals surface area contributed by atoms with Crippen molar-refractivity contribution in [1.82, 2.24) is 0 Å². The molecule has 0 heterocycles. The van der Waals surface area contributed by atoms with Crippen LogP contribution < -0.4 is 0 Å². The maximum absolute atomic E-state index is 14.6. The molecule has 0 saturated heterocycles. The van der Waals surface area contributed by atoms with E-state index >= 15 is 0 Å². The van der Waals surface area contributed by atoms with Crippen molar-refractivity contribution in [3.05, 3.63) is 35.4 Å². The van der Waals surface area contributed by atoms with E-state index in [-0.39, 0.29) is 32.3 Å². The molecule has 1 aromatic carbocycles. The molecule has 6 nitrogen and oxygen atoms in total. The lowest BCUT2D eigenvalue weighted by atomic mass is 10.00. The first kappa shape index (κ1) is 22.7. The Morgan fingerprint density at radius 1 is 1.19 bits per heavy atom. The molecule has 0 saturated carbocycles. The zero-order valence-corrected chi connectivity index (χ0v) is 16.0. The smallest absolute Gasteiger partial charge is 0.404 e. The SMILES string of the molecule is CCOP(=O)(OCC)C(F)(F)c1ccc(C[C@@H](CO)COC(C)=O)cc1. The third kappa shape index (κ3) is 5.84. The molecule has 26 heavy (non-hydrogen) atoms. The van der Waals surface area contributed by atoms with E-state index in [1.165, 1.54) is 32.9 Å². The Hall–Kier alpha value is -1.34. The van der Waals surface area contributed by atoms with Gasteiger partial charge in [0.2, 0.25) is 0 Å². The zero-order valence-electron chi connectivity index (χ0n) is 15.1. The van der Waals surface area contributed by atoms with Crippen LogP contribution in [0.2, 0.25) is 0 Å². The highest BCUT2D eigenvalue weighted by atomic mass is 31.2. The first-order valence-corrected chi connectivity index (χ1v) is 9.85. The summed E-state index contributed by atoms with van der Waals surface area (Å²) in [7, 11) is -4.65. The highest BCUT2D eigenvalue weighted by Crippen LogP contribution is 2.66. The fourth-order valence-corrected chi connectivity index (χ4v) is 3.83. The summed E-state index contributed by atoms with van der Waals surface area (Å²) in [4.78, 5) is 10.8. The van der Waals surface area contributed by atoms with E-state index in [0.29, 0.717) is 12.0 Å². The molecule has 0 fully saturated rings. The topological polar surface area (TPSA) is 82.1 Å². The molecular weight excluding hydrogens is 369 g/mol. The Morgan fingerprint density at radius 3 is 2.15 bits per heavy atom. The molecule has 148 valence electrons. The zero-order chi connectivity index (χ0) is 19.8. The molecular formula is C17H25F2O6P. The highest BCUT2D eigenvalue weighted by Gasteiger charge is 2.54. The number of carbonyl (C=O) groups excluding carboxylic acids is 1. The van der Waals surface area contributed by atoms with Crippen molar-refractivity contribution in [3.8, 4) is 0 Å². The maximum Gasteiger partial charge on any atom is 0.404 e. The van der Waals surface area contributed by atoms with Gasteiger partial charge < -0.3 is 18.9 Å². The largest absolute Gasteiger partial charge is 0.465 e. The molecule has 9 heteroatoms. The van der Waals surface area contributed by atoms with Gasteiger partial charge in [0.1, 0.15) is 0 Å². The van der Waals surface area contributed by atoms with Crippen molar-refractivity contribution in [2.75, 3.05) is 26.4 Å². The molecule has 0 unspecified atom stereocenters. The van der Waals surface area contributed by atoms with Gasteiger partial charge in [0.15, 0.2) is 0 Å². The van der Waals surface area contributed by atoms with E-state index in [4.69, 9.17) is 13.8 Å². The lowest BCUT2D eigenvalue weighted by molar-refractivity contribution is -0.142. The second-order valence-electron chi connectivity index (χ2n) is 5.63. The molecule has 1 atom stereocenters. The number of halogens is 2. The summed E-state index contributed by atoms with van der Waals surface area (Å²) < 4.78 is 56.1. The van der Waals surface area contributed by atoms with E-state index in [2.05, 4.69) is 0 Å². The second-order valence-corrected chi connectivity index (χ2v) is 7.70. The average molecular weight is 394 g/mol. The van der Waals surface area contributed by atoms with Gasteiger partial charge in [-0.15, -0.1) is 0 Å². The number of alkyl halides is 2. The fraction of sp³-hybridized carbons (Fsp3) is 0.588. The molecule has 0 aromatic heterocycles. The number of benzene rings is 1. The van der Waals surface area contributed by atoms with Crippen LogP contribution in [0.1, 0.15) is 31.9 Å². The normalized spacial score (nSPS) is 13.5. The van der Waals surface area contributed by atoms with Crippen LogP contribution in [0, 0.1) is 5.92 Å². The molecule has 1 rings (SSSR count). The molecule has 0 aliphatic rings. The average Bonchev–Trinajstić information content (AvgIpc) is 2.59. The summed E-state index contributed by atoms with van der Waals surface area (Å²) >= 11 is 0. The van der Waals surface area contributed by atoms with Gasteiger partial charge in [-0.2, -0.15) is 8.78 Å². The van der Waals surface area contributed by atoms with Crippen molar-refractivity contribution >= 4 is 13.6 Å². The molecule has 0 aliphatic carbocycles. The number of aliphatic hydroxyl groups is 1. The van der Waals surface area contributed by atoms with Gasteiger partial charge in [-0.1, -0.05) is 24.3 Å². The number of hydrogen-bond acceptors (Lipinski definition) is 6. The first-order valence-electron chi connectivity index (χ1n) is 8.30. The third-order valence-electron chi connectivity index (χ3n) is 3.55. The lowest BCUT2D eigenvalue weighted by Gasteiger charge is -2.26. The quantitative estimate of drug-likeness (QED) is 0.455. The summed E-state index contributed by atoms with van der Waals surface area (Å²) in [5.74, 6) is -0.802. The summed E-state index contributed by atoms with van der Waals surface area (Å²) in [6.07, 6.45) is 0.338. The van der Waals surface area contributed by atoms with Crippen LogP contribution in [0.5, 0.6) is 0 Å². The summed E-state index contributed by atoms with van der Waals surface area (Å²) in [6.45, 7) is 3.67. The van der Waals surface area contributed by atoms with Gasteiger partial charge in [-0.3, -0.25) is 9.36 Å². The predicted molar refractivity (Wildman–Crippen MR) is 92.1 cm³/mol. The Bertz CT molecular complexity index is 610. The minimum absolute atomic E-state index is 0.0353. The second kappa shape index (κ2) is 10.1. The lowest BCUT2D eigenvalue weighted by Crippen LogP contribution is -2.19. The van der Waals surface area contributed by atoms with Crippen LogP contribution in [0.15, 0.2) is 24.3 Å². The third-order valence-corrected chi connectivity index (χ3v) is 5.69. The molecule has 0 bridgehead atoms. The molecule has 1 N–H and O–H groups in total. The van der Waals surface area contributed by atoms with E-state index in [1.54, 1.807) is 0 Å². The van der Waals surface area contributed by atoms with E-state index in [0.717, 1.165) is 12.1 Å². The van der Waals surface area contributed by atoms with Crippen molar-refractivity contribution in [1.29, 1.82) is 0 Å². The number of aliphatic hydroxyl groups excluding tert-OH is 1. The number of carbonyl (C=O) groups is 1. The van der Waals surface area contributed by atoms with Gasteiger partial charge >= 0.3 is 19.2 Å². The predicted octanol–water partition coefficient (Wildman–Crippen LogP) is 3.72. The van der Waals surface area contributed by atoms with Crippen molar-refractivity contribution in [2.24, 2.45) is 5.92 Å². The number of rotatable bonds is 11. The van der Waals surface area contributed by atoms with E-state index in [1.807, 2.05) is 0 Å². The number of ether oxygens (including phenoxy) is 1. The van der Waals surface area contributed by atoms with Gasteiger partial charge in [0, 0.05) is 25.0 Å². The van der Waals surface area contributed by atoms with Crippen LogP contribution in [-0.2, 0) is 35.2 Å². The minimum atomic E-state index is -4.65. The van der Waals surface area contributed by atoms with E-state index < -0.39 is 24.8 Å². The van der Waals surface area contributed by atoms with Crippen molar-refractivity contribution in [2.45, 2.75) is 32.9 Å². The molecule has 0 aliphatic heterocycles. The minimum Gasteiger partial charge on any atom is -0.465 e.